The second-order valence-corrected chi connectivity index (χ2v) is 40.8. The van der Waals surface area contributed by atoms with E-state index in [1.54, 1.807) is 103 Å². The van der Waals surface area contributed by atoms with Gasteiger partial charge in [-0.25, -0.2) is 0 Å². The van der Waals surface area contributed by atoms with Gasteiger partial charge < -0.3 is 84.8 Å². The average molecular weight is 1870 g/mol. The van der Waals surface area contributed by atoms with Crippen molar-refractivity contribution in [2.45, 2.75) is 223 Å². The van der Waals surface area contributed by atoms with Crippen LogP contribution < -0.4 is 50.8 Å². The van der Waals surface area contributed by atoms with Gasteiger partial charge in [0, 0.05) is 120 Å². The van der Waals surface area contributed by atoms with Crippen LogP contribution in [-0.2, 0) is 51.3 Å². The van der Waals surface area contributed by atoms with Gasteiger partial charge in [-0.05, 0) is 168 Å². The molecule has 8 amide bonds. The Kier molecular flexibility index (Phi) is 33.4. The molecule has 4 fully saturated rings. The molecule has 2 aromatic heterocycles. The van der Waals surface area contributed by atoms with E-state index in [1.807, 2.05) is 103 Å². The monoisotopic (exact) mass is 1860 g/mol. The number of aryl methyl sites for hydroxylation is 2. The maximum Gasteiger partial charge on any atom is 0.251 e. The van der Waals surface area contributed by atoms with Gasteiger partial charge in [0.1, 0.15) is 90.5 Å². The SMILES string of the molecule is Cc1ccoc1-c1ccc(CNC(=O)[C@@H]2C[C@@H](O)CN2C(=O)[C@@H](NC(=O)COCCCCOc2ccc(C(=O)NC3C(C)(C)C(Oc4ccc(C#N)c(Cl)c4)C3(C)C)cc2)C(C)(C)C)cc1.Cc1ccsc1-c1ccc(CNC(=O)[C@@H]2C[C@@H](O)CN2C(=O)[C@@H](NC(=O)COCCCCOc2ccc(C(=O)NC3C(C)(C)C(Oc4ccc(C#N)c(Cl)c4)C3(C)C)cc2)C(C)(C)C)cc1. The van der Waals surface area contributed by atoms with Gasteiger partial charge in [0.25, 0.3) is 11.8 Å². The van der Waals surface area contributed by atoms with Crippen molar-refractivity contribution in [3.63, 3.8) is 0 Å². The standard InChI is InChI=1S/C51H62ClN5O9.C51H62ClN5O8S/c1-31-21-24-65-42(31)33-13-11-32(12-14-33)28-54-45(61)40-25-36(58)29-57(40)46(62)43(49(2,3)4)55-41(59)30-63-22-9-10-23-64-37-18-15-34(16-19-37)44(60)56-47-50(5,6)48(51(47,7)8)66-38-20-17-35(27-53)39(52)26-38;1-31-21-24-66-42(31)33-13-11-32(12-14-33)28-54-45(61)40-25-36(58)29-57(40)46(62)43(49(2,3)4)55-41(59)30-63-22-9-10-23-64-37-18-15-34(16-19-37)44(60)56-47-50(5,6)48(51(47,7)8)65-38-20-17-35(27-53)39(52)26-38/h2*11-21,24,26,36,40,43,47-48,58H,9-10,22-23,25,28-30H2,1-8H3,(H,54,61)(H,55,59)(H,56,60)/t2*36-,40+,43-,47?,48?/m11/s1. The van der Waals surface area contributed by atoms with Crippen molar-refractivity contribution in [1.29, 1.82) is 10.5 Å². The van der Waals surface area contributed by atoms with Crippen LogP contribution in [0.1, 0.15) is 190 Å². The van der Waals surface area contributed by atoms with E-state index >= 15 is 0 Å². The quantitative estimate of drug-likeness (QED) is 0.0169. The van der Waals surface area contributed by atoms with Crippen molar-refractivity contribution in [2.24, 2.45) is 32.5 Å². The van der Waals surface area contributed by atoms with Gasteiger partial charge in [0.05, 0.1) is 52.9 Å². The Morgan fingerprint density at radius 1 is 0.508 bits per heavy atom. The van der Waals surface area contributed by atoms with E-state index in [-0.39, 0.29) is 107 Å². The summed E-state index contributed by atoms with van der Waals surface area (Å²) < 4.78 is 41.3. The number of benzene rings is 6. The van der Waals surface area contributed by atoms with E-state index in [4.69, 9.17) is 56.0 Å². The predicted octanol–water partition coefficient (Wildman–Crippen LogP) is 15.2. The smallest absolute Gasteiger partial charge is 0.251 e. The Labute approximate surface area is 787 Å². The lowest BCUT2D eigenvalue weighted by atomic mass is 9.49. The zero-order chi connectivity index (χ0) is 96.0. The highest BCUT2D eigenvalue weighted by molar-refractivity contribution is 7.13. The number of hydrogen-bond acceptors (Lipinski definition) is 20. The zero-order valence-corrected chi connectivity index (χ0v) is 80.4. The molecule has 0 spiro atoms. The van der Waals surface area contributed by atoms with Crippen LogP contribution in [-0.4, -0.2) is 181 Å². The fraction of sp³-hybridized carbons (Fsp3) is 0.471. The summed E-state index contributed by atoms with van der Waals surface area (Å²) in [5, 5.41) is 60.1. The van der Waals surface area contributed by atoms with Gasteiger partial charge in [-0.1, -0.05) is 169 Å². The molecule has 4 aliphatic rings. The van der Waals surface area contributed by atoms with E-state index in [0.29, 0.717) is 101 Å². The predicted molar refractivity (Wildman–Crippen MR) is 505 cm³/mol. The van der Waals surface area contributed by atoms with E-state index < -0.39 is 92.5 Å². The van der Waals surface area contributed by atoms with Crippen LogP contribution in [0.2, 0.25) is 10.0 Å². The molecule has 4 heterocycles. The number of halogens is 2. The van der Waals surface area contributed by atoms with E-state index in [2.05, 4.69) is 118 Å². The van der Waals surface area contributed by atoms with Crippen molar-refractivity contribution >= 4 is 81.8 Å². The molecular weight excluding hydrogens is 1740 g/mol. The normalized spacial score (nSPS) is 20.0. The average Bonchev–Trinajstić information content (AvgIpc) is 0.820. The van der Waals surface area contributed by atoms with Gasteiger partial charge >= 0.3 is 0 Å². The van der Waals surface area contributed by atoms with Crippen molar-refractivity contribution < 1.29 is 81.4 Å². The molecule has 30 heteroatoms. The van der Waals surface area contributed by atoms with Gasteiger partial charge in [0.15, 0.2) is 0 Å². The molecule has 6 aromatic carbocycles. The first kappa shape index (κ1) is 101. The minimum absolute atomic E-state index is 0.0131. The topological polar surface area (TPSA) is 372 Å². The summed E-state index contributed by atoms with van der Waals surface area (Å²) in [6, 6.07) is 43.6. The van der Waals surface area contributed by atoms with Crippen LogP contribution in [0.5, 0.6) is 23.0 Å². The molecule has 2 aliphatic carbocycles. The van der Waals surface area contributed by atoms with Crippen LogP contribution in [0.25, 0.3) is 21.8 Å². The fourth-order valence-electron chi connectivity index (χ4n) is 18.5. The number of amides is 8. The fourth-order valence-corrected chi connectivity index (χ4v) is 19.9. The van der Waals surface area contributed by atoms with Gasteiger partial charge in [-0.15, -0.1) is 11.3 Å². The summed E-state index contributed by atoms with van der Waals surface area (Å²) in [4.78, 5) is 112. The van der Waals surface area contributed by atoms with Crippen LogP contribution >= 0.6 is 34.5 Å². The molecular formula is C102H124Cl2N10O17S. The number of nitriles is 2. The third-order valence-electron chi connectivity index (χ3n) is 25.1. The molecule has 2 aliphatic heterocycles. The lowest BCUT2D eigenvalue weighted by Crippen LogP contribution is -2.74. The maximum absolute atomic E-state index is 14.0. The van der Waals surface area contributed by atoms with Crippen molar-refractivity contribution in [3.8, 4) is 56.9 Å². The maximum atomic E-state index is 14.0. The highest BCUT2D eigenvalue weighted by Gasteiger charge is 2.65. The Morgan fingerprint density at radius 2 is 0.886 bits per heavy atom. The number of carbonyl (C=O) groups excluding carboxylic acids is 8. The number of furan rings is 1. The zero-order valence-electron chi connectivity index (χ0n) is 78.1. The van der Waals surface area contributed by atoms with Gasteiger partial charge in [-0.3, -0.25) is 38.4 Å². The number of rotatable bonds is 36. The lowest BCUT2D eigenvalue weighted by molar-refractivity contribution is -0.164. The summed E-state index contributed by atoms with van der Waals surface area (Å²) >= 11 is 14.1. The number of unbranched alkanes of at least 4 members (excludes halogenated alkanes) is 2. The van der Waals surface area contributed by atoms with Crippen LogP contribution in [0.15, 0.2) is 162 Å². The molecule has 6 atom stereocenters. The van der Waals surface area contributed by atoms with Crippen LogP contribution in [0.4, 0.5) is 0 Å². The second kappa shape index (κ2) is 43.6. The Bertz CT molecular complexity index is 5110. The van der Waals surface area contributed by atoms with Crippen molar-refractivity contribution in [2.75, 3.05) is 52.7 Å². The summed E-state index contributed by atoms with van der Waals surface area (Å²) in [5.41, 5.74) is 4.81. The number of aliphatic hydroxyl groups excluding tert-OH is 2. The first-order valence-corrected chi connectivity index (χ1v) is 46.4. The number of ether oxygens (including phenoxy) is 6. The molecule has 8 aromatic rings. The molecule has 0 radical (unpaired) electrons. The molecule has 704 valence electrons. The van der Waals surface area contributed by atoms with E-state index in [1.165, 1.54) is 20.2 Å². The summed E-state index contributed by atoms with van der Waals surface area (Å²) in [7, 11) is 0. The summed E-state index contributed by atoms with van der Waals surface area (Å²) in [6.45, 7) is 32.8. The number of likely N-dealkylation sites (tertiary alicyclic amines) is 2. The van der Waals surface area contributed by atoms with E-state index in [0.717, 1.165) is 33.6 Å². The van der Waals surface area contributed by atoms with Crippen molar-refractivity contribution in [3.05, 3.63) is 212 Å². The number of aliphatic hydroxyl groups is 2. The third kappa shape index (κ3) is 24.9. The second-order valence-electron chi connectivity index (χ2n) is 39.1. The number of hydrogen-bond donors (Lipinski definition) is 8. The number of nitrogens with one attached hydrogen (secondary N) is 6. The highest BCUT2D eigenvalue weighted by Crippen LogP contribution is 2.57. The van der Waals surface area contributed by atoms with Gasteiger partial charge in [-0.2, -0.15) is 10.5 Å². The summed E-state index contributed by atoms with van der Waals surface area (Å²) in [5.74, 6) is 0.174. The Hall–Kier alpha value is -11.3. The largest absolute Gasteiger partial charge is 0.494 e. The molecule has 12 rings (SSSR count). The summed E-state index contributed by atoms with van der Waals surface area (Å²) in [6.07, 6.45) is 2.17. The van der Waals surface area contributed by atoms with Gasteiger partial charge in [0.2, 0.25) is 35.4 Å². The highest BCUT2D eigenvalue weighted by atomic mass is 35.5. The minimum Gasteiger partial charge on any atom is -0.494 e. The van der Waals surface area contributed by atoms with Crippen LogP contribution in [0, 0.1) is 69.0 Å². The number of β-amino-alcohol motifs (C(OH)–C–C–N with tert-alkyl or cyclic N) is 2. The molecule has 0 unspecified atom stereocenters. The molecule has 2 saturated carbocycles. The molecule has 0 bridgehead atoms. The molecule has 27 nitrogen and oxygen atoms in total. The number of thiophene rings is 1. The number of nitrogens with zero attached hydrogens (tertiary/aromatic N) is 4. The van der Waals surface area contributed by atoms with E-state index in [9.17, 15) is 59.1 Å². The molecule has 132 heavy (non-hydrogen) atoms. The Morgan fingerprint density at radius 3 is 1.23 bits per heavy atom. The first-order valence-electron chi connectivity index (χ1n) is 44.7. The molecule has 8 N–H and O–H groups in total. The lowest BCUT2D eigenvalue weighted by Gasteiger charge is -2.63. The molecule has 2 saturated heterocycles. The van der Waals surface area contributed by atoms with Crippen molar-refractivity contribution in [1.82, 2.24) is 41.7 Å². The first-order chi connectivity index (χ1) is 62.4. The number of carbonyl (C=O) groups is 8. The third-order valence-corrected chi connectivity index (χ3v) is 26.8. The Balaban J connectivity index is 0.000000255. The minimum atomic E-state index is -0.969. The van der Waals surface area contributed by atoms with Crippen LogP contribution in [0.3, 0.4) is 0 Å².